The van der Waals surface area contributed by atoms with Gasteiger partial charge in [0.25, 0.3) is 6.43 Å². The van der Waals surface area contributed by atoms with E-state index >= 15 is 0 Å². The van der Waals surface area contributed by atoms with Crippen molar-refractivity contribution in [2.24, 2.45) is 0 Å². The molecule has 3 rings (SSSR count). The topological polar surface area (TPSA) is 128 Å². The van der Waals surface area contributed by atoms with Crippen molar-refractivity contribution in [3.8, 4) is 11.5 Å². The van der Waals surface area contributed by atoms with Crippen molar-refractivity contribution >= 4 is 41.3 Å². The number of carbonyl (C=O) groups is 1. The summed E-state index contributed by atoms with van der Waals surface area (Å²) in [5, 5.41) is 27.0. The molecule has 1 atom stereocenters. The van der Waals surface area contributed by atoms with Crippen molar-refractivity contribution in [2.75, 3.05) is 12.3 Å². The lowest BCUT2D eigenvalue weighted by Gasteiger charge is -2.28. The summed E-state index contributed by atoms with van der Waals surface area (Å²) >= 11 is 2.35. The Morgan fingerprint density at radius 1 is 1.54 bits per heavy atom. The Morgan fingerprint density at radius 3 is 2.92 bits per heavy atom. The SMILES string of the molecule is Nc1nnc(S[C@H]2Cc3ccc(OCC(F)F)c(C(=O)O)c3OB2O)s1. The number of hydrogen-bond donors (Lipinski definition) is 3. The third-order valence-electron chi connectivity index (χ3n) is 3.43. The van der Waals surface area contributed by atoms with E-state index in [-0.39, 0.29) is 23.1 Å². The Bertz CT molecular complexity index is 825. The number of benzene rings is 1. The van der Waals surface area contributed by atoms with Crippen molar-refractivity contribution in [3.05, 3.63) is 23.3 Å². The second-order valence-electron chi connectivity index (χ2n) is 5.21. The van der Waals surface area contributed by atoms with Crippen molar-refractivity contribution < 1.29 is 33.1 Å². The molecule has 13 heteroatoms. The maximum atomic E-state index is 12.3. The standard InChI is InChI=1S/C13H12BF2N3O5S2/c15-8(16)4-23-6-2-1-5-3-7(25-13-19-18-12(17)26-13)14(22)24-10(5)9(6)11(20)21/h1-2,7-8,22H,3-4H2,(H2,17,18)(H,20,21)/t7-/m0/s1. The number of thioether (sulfide) groups is 1. The fourth-order valence-corrected chi connectivity index (χ4v) is 4.33. The third-order valence-corrected chi connectivity index (χ3v) is 5.50. The van der Waals surface area contributed by atoms with E-state index in [9.17, 15) is 23.7 Å². The monoisotopic (exact) mass is 403 g/mol. The average Bonchev–Trinajstić information content (AvgIpc) is 2.97. The average molecular weight is 403 g/mol. The van der Waals surface area contributed by atoms with Gasteiger partial charge in [-0.2, -0.15) is 0 Å². The summed E-state index contributed by atoms with van der Waals surface area (Å²) in [6.45, 7) is -0.946. The molecule has 0 saturated carbocycles. The van der Waals surface area contributed by atoms with Crippen LogP contribution in [0.25, 0.3) is 0 Å². The quantitative estimate of drug-likeness (QED) is 0.616. The number of halogens is 2. The van der Waals surface area contributed by atoms with E-state index in [0.29, 0.717) is 9.90 Å². The molecule has 1 aliphatic heterocycles. The van der Waals surface area contributed by atoms with Crippen LogP contribution in [0.2, 0.25) is 0 Å². The van der Waals surface area contributed by atoms with E-state index in [1.54, 1.807) is 0 Å². The van der Waals surface area contributed by atoms with E-state index in [2.05, 4.69) is 10.2 Å². The number of carboxylic acids is 1. The summed E-state index contributed by atoms with van der Waals surface area (Å²) in [6.07, 6.45) is -2.48. The van der Waals surface area contributed by atoms with Crippen LogP contribution < -0.4 is 15.1 Å². The van der Waals surface area contributed by atoms with Gasteiger partial charge in [0.1, 0.15) is 23.7 Å². The molecule has 8 nitrogen and oxygen atoms in total. The summed E-state index contributed by atoms with van der Waals surface area (Å²) in [4.78, 5) is 11.6. The van der Waals surface area contributed by atoms with Crippen LogP contribution in [0.1, 0.15) is 15.9 Å². The van der Waals surface area contributed by atoms with Crippen LogP contribution >= 0.6 is 23.1 Å². The van der Waals surface area contributed by atoms with Crippen LogP contribution in [-0.2, 0) is 6.42 Å². The minimum atomic E-state index is -2.75. The minimum Gasteiger partial charge on any atom is -0.534 e. The number of nitrogens with zero attached hydrogens (tertiary/aromatic N) is 2. The van der Waals surface area contributed by atoms with Gasteiger partial charge in [-0.05, 0) is 18.1 Å². The first-order chi connectivity index (χ1) is 12.3. The lowest BCUT2D eigenvalue weighted by atomic mass is 9.77. The van der Waals surface area contributed by atoms with Crippen LogP contribution in [-0.4, -0.2) is 51.6 Å². The molecule has 26 heavy (non-hydrogen) atoms. The number of hydrogen-bond acceptors (Lipinski definition) is 9. The molecular formula is C13H12BF2N3O5S2. The Labute approximate surface area is 154 Å². The summed E-state index contributed by atoms with van der Waals surface area (Å²) in [5.74, 6) is -1.74. The number of nitrogens with two attached hydrogens (primary N) is 1. The zero-order valence-corrected chi connectivity index (χ0v) is 14.6. The summed E-state index contributed by atoms with van der Waals surface area (Å²) in [7, 11) is -1.33. The Balaban J connectivity index is 1.86. The molecule has 0 unspecified atom stereocenters. The number of carboxylic acid groups (broad SMARTS) is 1. The molecule has 4 N–H and O–H groups in total. The van der Waals surface area contributed by atoms with Crippen LogP contribution in [0.4, 0.5) is 13.9 Å². The highest BCUT2D eigenvalue weighted by Gasteiger charge is 2.39. The van der Waals surface area contributed by atoms with Crippen molar-refractivity contribution in [1.29, 1.82) is 0 Å². The predicted molar refractivity (Wildman–Crippen MR) is 91.2 cm³/mol. The number of fused-ring (bicyclic) bond motifs is 1. The number of rotatable bonds is 6. The molecule has 1 aliphatic rings. The molecule has 0 amide bonds. The van der Waals surface area contributed by atoms with Gasteiger partial charge in [0.05, 0.1) is 5.15 Å². The zero-order chi connectivity index (χ0) is 18.8. The molecule has 138 valence electrons. The first kappa shape index (κ1) is 18.7. The highest BCUT2D eigenvalue weighted by Crippen LogP contribution is 2.40. The lowest BCUT2D eigenvalue weighted by molar-refractivity contribution is 0.0660. The van der Waals surface area contributed by atoms with Crippen molar-refractivity contribution in [1.82, 2.24) is 10.2 Å². The highest BCUT2D eigenvalue weighted by atomic mass is 32.2. The number of nitrogen functional groups attached to an aromatic ring is 1. The smallest absolute Gasteiger partial charge is 0.534 e. The molecular weight excluding hydrogens is 391 g/mol. The molecule has 0 bridgehead atoms. The largest absolute Gasteiger partial charge is 0.537 e. The van der Waals surface area contributed by atoms with E-state index < -0.39 is 36.8 Å². The van der Waals surface area contributed by atoms with Gasteiger partial charge in [0.15, 0.2) is 4.34 Å². The molecule has 0 fully saturated rings. The van der Waals surface area contributed by atoms with Gasteiger partial charge in [-0.15, -0.1) is 10.2 Å². The summed E-state index contributed by atoms with van der Waals surface area (Å²) in [6, 6.07) is 2.83. The van der Waals surface area contributed by atoms with E-state index in [0.717, 1.165) is 11.3 Å². The molecule has 0 saturated heterocycles. The molecule has 1 aromatic carbocycles. The van der Waals surface area contributed by atoms with Crippen LogP contribution in [0, 0.1) is 0 Å². The van der Waals surface area contributed by atoms with Crippen LogP contribution in [0.15, 0.2) is 16.5 Å². The van der Waals surface area contributed by atoms with Gasteiger partial charge in [-0.25, -0.2) is 13.6 Å². The number of ether oxygens (including phenoxy) is 1. The minimum absolute atomic E-state index is 0.0922. The van der Waals surface area contributed by atoms with E-state index in [1.165, 1.54) is 23.9 Å². The number of aromatic carboxylic acids is 1. The summed E-state index contributed by atoms with van der Waals surface area (Å²) < 4.78 is 35.5. The molecule has 1 aromatic heterocycles. The van der Waals surface area contributed by atoms with Gasteiger partial charge < -0.3 is 25.3 Å². The van der Waals surface area contributed by atoms with E-state index in [1.807, 2.05) is 0 Å². The van der Waals surface area contributed by atoms with Gasteiger partial charge in [-0.3, -0.25) is 0 Å². The highest BCUT2D eigenvalue weighted by molar-refractivity contribution is 8.02. The molecule has 0 spiro atoms. The lowest BCUT2D eigenvalue weighted by Crippen LogP contribution is -2.40. The van der Waals surface area contributed by atoms with Gasteiger partial charge in [0, 0.05) is 0 Å². The van der Waals surface area contributed by atoms with Gasteiger partial charge in [-0.1, -0.05) is 29.2 Å². The zero-order valence-electron chi connectivity index (χ0n) is 13.0. The first-order valence-electron chi connectivity index (χ1n) is 7.25. The Hall–Kier alpha value is -2.12. The Kier molecular flexibility index (Phi) is 5.48. The predicted octanol–water partition coefficient (Wildman–Crippen LogP) is 1.58. The van der Waals surface area contributed by atoms with E-state index in [4.69, 9.17) is 15.1 Å². The molecule has 0 aliphatic carbocycles. The fraction of sp³-hybridized carbons (Fsp3) is 0.308. The molecule has 0 radical (unpaired) electrons. The maximum Gasteiger partial charge on any atom is 0.537 e. The van der Waals surface area contributed by atoms with Crippen molar-refractivity contribution in [2.45, 2.75) is 22.3 Å². The maximum absolute atomic E-state index is 12.3. The molecule has 2 heterocycles. The van der Waals surface area contributed by atoms with Crippen LogP contribution in [0.5, 0.6) is 11.5 Å². The second kappa shape index (κ2) is 7.64. The third kappa shape index (κ3) is 3.99. The number of aromatic nitrogens is 2. The van der Waals surface area contributed by atoms with Crippen molar-refractivity contribution in [3.63, 3.8) is 0 Å². The molecule has 2 aromatic rings. The summed E-state index contributed by atoms with van der Waals surface area (Å²) in [5.41, 5.74) is 5.63. The Morgan fingerprint density at radius 2 is 2.31 bits per heavy atom. The first-order valence-corrected chi connectivity index (χ1v) is 8.95. The van der Waals surface area contributed by atoms with Gasteiger partial charge >= 0.3 is 13.1 Å². The normalized spacial score (nSPS) is 16.3. The number of alkyl halides is 2. The van der Waals surface area contributed by atoms with Crippen LogP contribution in [0.3, 0.4) is 0 Å². The van der Waals surface area contributed by atoms with Gasteiger partial charge in [0.2, 0.25) is 5.13 Å². The fourth-order valence-electron chi connectivity index (χ4n) is 2.39. The second-order valence-corrected chi connectivity index (χ2v) is 7.70. The number of anilines is 1.